The van der Waals surface area contributed by atoms with Crippen molar-refractivity contribution in [2.45, 2.75) is 4.90 Å². The van der Waals surface area contributed by atoms with Crippen LogP contribution in [-0.2, 0) is 17.1 Å². The second-order valence-electron chi connectivity index (χ2n) is 3.82. The molecule has 0 radical (unpaired) electrons. The van der Waals surface area contributed by atoms with E-state index in [1.165, 1.54) is 16.9 Å². The highest BCUT2D eigenvalue weighted by Gasteiger charge is 2.22. The predicted molar refractivity (Wildman–Crippen MR) is 72.1 cm³/mol. The molecule has 20 heavy (non-hydrogen) atoms. The minimum absolute atomic E-state index is 0.106. The van der Waals surface area contributed by atoms with E-state index in [2.05, 4.69) is 9.82 Å². The van der Waals surface area contributed by atoms with Crippen LogP contribution in [-0.4, -0.2) is 23.1 Å². The van der Waals surface area contributed by atoms with Crippen LogP contribution in [0.2, 0.25) is 5.02 Å². The van der Waals surface area contributed by atoms with Gasteiger partial charge in [-0.15, -0.1) is 0 Å². The topological polar surface area (TPSA) is 107 Å². The molecule has 1 heterocycles. The van der Waals surface area contributed by atoms with E-state index in [9.17, 15) is 18.5 Å². The molecule has 0 saturated carbocycles. The summed E-state index contributed by atoms with van der Waals surface area (Å²) in [6, 6.07) is 4.65. The monoisotopic (exact) mass is 316 g/mol. The molecule has 0 saturated heterocycles. The van der Waals surface area contributed by atoms with Gasteiger partial charge in [0, 0.05) is 25.2 Å². The van der Waals surface area contributed by atoms with Crippen LogP contribution in [0, 0.1) is 10.1 Å². The molecule has 1 aromatic carbocycles. The van der Waals surface area contributed by atoms with Gasteiger partial charge in [0.05, 0.1) is 16.1 Å². The highest BCUT2D eigenvalue weighted by molar-refractivity contribution is 7.92. The lowest BCUT2D eigenvalue weighted by atomic mass is 10.3. The van der Waals surface area contributed by atoms with Gasteiger partial charge in [-0.1, -0.05) is 11.6 Å². The van der Waals surface area contributed by atoms with Gasteiger partial charge in [0.1, 0.15) is 10.7 Å². The molecule has 8 nitrogen and oxygen atoms in total. The average Bonchev–Trinajstić information content (AvgIpc) is 2.74. The number of aromatic nitrogens is 2. The lowest BCUT2D eigenvalue weighted by molar-refractivity contribution is -0.385. The second kappa shape index (κ2) is 5.10. The molecule has 0 aliphatic rings. The van der Waals surface area contributed by atoms with Gasteiger partial charge in [0.2, 0.25) is 0 Å². The number of nitrogens with one attached hydrogen (secondary N) is 1. The molecule has 106 valence electrons. The molecule has 10 heteroatoms. The van der Waals surface area contributed by atoms with Crippen molar-refractivity contribution in [1.29, 1.82) is 0 Å². The molecule has 2 aromatic rings. The van der Waals surface area contributed by atoms with Gasteiger partial charge in [-0.2, -0.15) is 5.10 Å². The summed E-state index contributed by atoms with van der Waals surface area (Å²) in [6.45, 7) is 0. The summed E-state index contributed by atoms with van der Waals surface area (Å²) in [5.41, 5.74) is -0.361. The van der Waals surface area contributed by atoms with Crippen molar-refractivity contribution in [2.24, 2.45) is 7.05 Å². The molecule has 0 spiro atoms. The van der Waals surface area contributed by atoms with E-state index >= 15 is 0 Å². The van der Waals surface area contributed by atoms with E-state index in [1.54, 1.807) is 7.05 Å². The van der Waals surface area contributed by atoms with Crippen molar-refractivity contribution in [3.05, 3.63) is 45.6 Å². The number of nitro benzene ring substituents is 1. The molecule has 0 bridgehead atoms. The summed E-state index contributed by atoms with van der Waals surface area (Å²) < 4.78 is 27.9. The fourth-order valence-corrected chi connectivity index (χ4v) is 3.09. The molecule has 1 aromatic heterocycles. The van der Waals surface area contributed by atoms with Gasteiger partial charge in [0.15, 0.2) is 0 Å². The minimum Gasteiger partial charge on any atom is -0.264 e. The normalized spacial score (nSPS) is 11.3. The Bertz CT molecular complexity index is 771. The summed E-state index contributed by atoms with van der Waals surface area (Å²) >= 11 is 5.80. The molecule has 0 atom stereocenters. The Kier molecular flexibility index (Phi) is 3.64. The summed E-state index contributed by atoms with van der Waals surface area (Å²) in [5, 5.41) is 14.4. The Morgan fingerprint density at radius 2 is 2.10 bits per heavy atom. The number of nitrogens with zero attached hydrogens (tertiary/aromatic N) is 3. The van der Waals surface area contributed by atoms with E-state index in [-0.39, 0.29) is 21.4 Å². The molecular weight excluding hydrogens is 308 g/mol. The molecule has 1 N–H and O–H groups in total. The summed E-state index contributed by atoms with van der Waals surface area (Å²) in [5.74, 6) is 0.215. The van der Waals surface area contributed by atoms with Crippen LogP contribution in [0.5, 0.6) is 0 Å². The zero-order valence-corrected chi connectivity index (χ0v) is 11.7. The van der Waals surface area contributed by atoms with E-state index in [1.807, 2.05) is 0 Å². The van der Waals surface area contributed by atoms with E-state index in [4.69, 9.17) is 11.6 Å². The number of non-ortho nitro benzene ring substituents is 1. The van der Waals surface area contributed by atoms with Gasteiger partial charge in [-0.25, -0.2) is 8.42 Å². The summed E-state index contributed by atoms with van der Waals surface area (Å²) in [4.78, 5) is 9.63. The number of sulfonamides is 1. The number of halogens is 1. The predicted octanol–water partition coefficient (Wildman–Crippen LogP) is 1.78. The molecule has 0 unspecified atom stereocenters. The minimum atomic E-state index is -4.04. The molecular formula is C10H9ClN4O4S. The summed E-state index contributed by atoms with van der Waals surface area (Å²) in [6.07, 6.45) is 1.41. The molecule has 2 rings (SSSR count). The van der Waals surface area contributed by atoms with Crippen LogP contribution in [0.4, 0.5) is 11.5 Å². The van der Waals surface area contributed by atoms with Crippen molar-refractivity contribution < 1.29 is 13.3 Å². The number of nitro groups is 1. The first-order valence-corrected chi connectivity index (χ1v) is 7.12. The summed E-state index contributed by atoms with van der Waals surface area (Å²) in [7, 11) is -2.49. The molecule has 0 fully saturated rings. The van der Waals surface area contributed by atoms with Gasteiger partial charge < -0.3 is 0 Å². The Morgan fingerprint density at radius 1 is 1.40 bits per heavy atom. The largest absolute Gasteiger partial charge is 0.270 e. The first-order valence-electron chi connectivity index (χ1n) is 5.26. The third-order valence-corrected chi connectivity index (χ3v) is 4.31. The second-order valence-corrected chi connectivity index (χ2v) is 5.88. The van der Waals surface area contributed by atoms with Gasteiger partial charge in [0.25, 0.3) is 15.7 Å². The highest BCUT2D eigenvalue weighted by atomic mass is 35.5. The third kappa shape index (κ3) is 2.73. The van der Waals surface area contributed by atoms with Crippen LogP contribution in [0.25, 0.3) is 0 Å². The Balaban J connectivity index is 2.46. The maximum atomic E-state index is 12.2. The van der Waals surface area contributed by atoms with Gasteiger partial charge in [-0.05, 0) is 6.07 Å². The number of hydrogen-bond acceptors (Lipinski definition) is 5. The smallest absolute Gasteiger partial charge is 0.264 e. The zero-order chi connectivity index (χ0) is 14.9. The third-order valence-electron chi connectivity index (χ3n) is 2.47. The molecule has 0 aliphatic heterocycles. The first kappa shape index (κ1) is 14.3. The SMILES string of the molecule is Cn1nccc1NS(=O)(=O)c1cc([N+](=O)[O-])ccc1Cl. The van der Waals surface area contributed by atoms with Crippen LogP contribution in [0.1, 0.15) is 0 Å². The number of anilines is 1. The van der Waals surface area contributed by atoms with E-state index in [0.717, 1.165) is 18.2 Å². The fraction of sp³-hybridized carbons (Fsp3) is 0.100. The number of rotatable bonds is 4. The van der Waals surface area contributed by atoms with Gasteiger partial charge >= 0.3 is 0 Å². The maximum Gasteiger partial charge on any atom is 0.270 e. The quantitative estimate of drug-likeness (QED) is 0.683. The number of benzene rings is 1. The van der Waals surface area contributed by atoms with Crippen LogP contribution in [0.3, 0.4) is 0 Å². The van der Waals surface area contributed by atoms with Gasteiger partial charge in [-0.3, -0.25) is 19.5 Å². The van der Waals surface area contributed by atoms with Crippen molar-refractivity contribution in [1.82, 2.24) is 9.78 Å². The van der Waals surface area contributed by atoms with Crippen LogP contribution in [0.15, 0.2) is 35.4 Å². The molecule has 0 amide bonds. The van der Waals surface area contributed by atoms with Crippen molar-refractivity contribution in [2.75, 3.05) is 4.72 Å². The first-order chi connectivity index (χ1) is 9.31. The average molecular weight is 317 g/mol. The van der Waals surface area contributed by atoms with E-state index in [0.29, 0.717) is 0 Å². The Labute approximate surface area is 119 Å². The van der Waals surface area contributed by atoms with Crippen LogP contribution >= 0.6 is 11.6 Å². The zero-order valence-electron chi connectivity index (χ0n) is 10.1. The lowest BCUT2D eigenvalue weighted by Crippen LogP contribution is -2.16. The molecule has 0 aliphatic carbocycles. The maximum absolute atomic E-state index is 12.2. The van der Waals surface area contributed by atoms with Crippen LogP contribution < -0.4 is 4.72 Å². The Morgan fingerprint density at radius 3 is 2.65 bits per heavy atom. The fourth-order valence-electron chi connectivity index (χ4n) is 1.48. The standard InChI is InChI=1S/C10H9ClN4O4S/c1-14-10(4-5-12-14)13-20(18,19)9-6-7(15(16)17)2-3-8(9)11/h2-6,13H,1H3. The van der Waals surface area contributed by atoms with Crippen molar-refractivity contribution in [3.8, 4) is 0 Å². The highest BCUT2D eigenvalue weighted by Crippen LogP contribution is 2.27. The lowest BCUT2D eigenvalue weighted by Gasteiger charge is -2.09. The van der Waals surface area contributed by atoms with Crippen molar-refractivity contribution in [3.63, 3.8) is 0 Å². The van der Waals surface area contributed by atoms with Crippen molar-refractivity contribution >= 4 is 33.1 Å². The van der Waals surface area contributed by atoms with E-state index < -0.39 is 14.9 Å². The Hall–Kier alpha value is -2.13. The number of aryl methyl sites for hydroxylation is 1. The number of hydrogen-bond donors (Lipinski definition) is 1.